The Bertz CT molecular complexity index is 379. The van der Waals surface area contributed by atoms with Gasteiger partial charge in [-0.25, -0.2) is 0 Å². The van der Waals surface area contributed by atoms with Gasteiger partial charge in [0.25, 0.3) is 0 Å². The van der Waals surface area contributed by atoms with Gasteiger partial charge in [0.2, 0.25) is 0 Å². The second-order valence-electron chi connectivity index (χ2n) is 5.09. The number of methoxy groups -OCH3 is 1. The molecule has 0 amide bonds. The molecule has 0 unspecified atom stereocenters. The van der Waals surface area contributed by atoms with E-state index < -0.39 is 0 Å². The van der Waals surface area contributed by atoms with Crippen LogP contribution in [-0.4, -0.2) is 28.9 Å². The van der Waals surface area contributed by atoms with Crippen LogP contribution in [0.5, 0.6) is 0 Å². The van der Waals surface area contributed by atoms with E-state index in [1.165, 1.54) is 7.11 Å². The van der Waals surface area contributed by atoms with Crippen molar-refractivity contribution in [2.45, 2.75) is 45.8 Å². The van der Waals surface area contributed by atoms with E-state index in [1.54, 1.807) is 6.92 Å². The van der Waals surface area contributed by atoms with Crippen LogP contribution in [0.2, 0.25) is 0 Å². The van der Waals surface area contributed by atoms with Crippen molar-refractivity contribution in [3.63, 3.8) is 0 Å². The first-order valence-electron chi connectivity index (χ1n) is 5.70. The Kier molecular flexibility index (Phi) is 4.28. The lowest BCUT2D eigenvalue weighted by molar-refractivity contribution is -0.142. The van der Waals surface area contributed by atoms with Crippen LogP contribution in [0.4, 0.5) is 0 Å². The summed E-state index contributed by atoms with van der Waals surface area (Å²) in [5, 5.41) is 7.38. The van der Waals surface area contributed by atoms with Crippen LogP contribution >= 0.6 is 0 Å². The smallest absolute Gasteiger partial charge is 0.322 e. The number of rotatable bonds is 4. The van der Waals surface area contributed by atoms with Gasteiger partial charge < -0.3 is 10.1 Å². The largest absolute Gasteiger partial charge is 0.468 e. The lowest BCUT2D eigenvalue weighted by Crippen LogP contribution is -2.34. The molecule has 0 aliphatic carbocycles. The molecule has 0 saturated heterocycles. The van der Waals surface area contributed by atoms with Gasteiger partial charge in [0.05, 0.1) is 18.8 Å². The van der Waals surface area contributed by atoms with Crippen molar-refractivity contribution in [1.29, 1.82) is 0 Å². The van der Waals surface area contributed by atoms with Crippen LogP contribution in [0.25, 0.3) is 0 Å². The first-order chi connectivity index (χ1) is 7.84. The average Bonchev–Trinajstić information content (AvgIpc) is 2.72. The standard InChI is InChI=1S/C12H21N3O2/c1-9(11(16)17-5)13-6-10-7-14-15(8-10)12(2,3)4/h7-9,13H,6H2,1-5H3/t9-/m0/s1. The molecular formula is C12H21N3O2. The molecule has 17 heavy (non-hydrogen) atoms. The first-order valence-corrected chi connectivity index (χ1v) is 5.70. The number of carbonyl (C=O) groups excluding carboxylic acids is 1. The molecule has 5 heteroatoms. The molecule has 0 aliphatic heterocycles. The number of aromatic nitrogens is 2. The molecule has 0 saturated carbocycles. The zero-order valence-corrected chi connectivity index (χ0v) is 11.2. The number of nitrogens with zero attached hydrogens (tertiary/aromatic N) is 2. The van der Waals surface area contributed by atoms with E-state index in [-0.39, 0.29) is 17.6 Å². The lowest BCUT2D eigenvalue weighted by Gasteiger charge is -2.18. The third-order valence-corrected chi connectivity index (χ3v) is 2.49. The predicted molar refractivity (Wildman–Crippen MR) is 65.5 cm³/mol. The number of hydrogen-bond acceptors (Lipinski definition) is 4. The van der Waals surface area contributed by atoms with E-state index in [2.05, 4.69) is 35.9 Å². The molecule has 0 aromatic carbocycles. The monoisotopic (exact) mass is 239 g/mol. The van der Waals surface area contributed by atoms with E-state index in [4.69, 9.17) is 0 Å². The number of hydrogen-bond donors (Lipinski definition) is 1. The van der Waals surface area contributed by atoms with Crippen LogP contribution in [0.3, 0.4) is 0 Å². The molecule has 1 N–H and O–H groups in total. The van der Waals surface area contributed by atoms with E-state index in [1.807, 2.05) is 17.1 Å². The molecule has 0 bridgehead atoms. The molecule has 1 atom stereocenters. The number of esters is 1. The molecule has 0 spiro atoms. The topological polar surface area (TPSA) is 56.1 Å². The van der Waals surface area contributed by atoms with Crippen molar-refractivity contribution in [2.24, 2.45) is 0 Å². The van der Waals surface area contributed by atoms with E-state index >= 15 is 0 Å². The highest BCUT2D eigenvalue weighted by molar-refractivity contribution is 5.75. The van der Waals surface area contributed by atoms with Gasteiger partial charge in [0, 0.05) is 18.3 Å². The zero-order valence-electron chi connectivity index (χ0n) is 11.2. The van der Waals surface area contributed by atoms with Crippen molar-refractivity contribution < 1.29 is 9.53 Å². The molecule has 1 rings (SSSR count). The van der Waals surface area contributed by atoms with Crippen LogP contribution < -0.4 is 5.32 Å². The van der Waals surface area contributed by atoms with Crippen molar-refractivity contribution >= 4 is 5.97 Å². The molecule has 0 aliphatic rings. The van der Waals surface area contributed by atoms with Crippen molar-refractivity contribution in [1.82, 2.24) is 15.1 Å². The van der Waals surface area contributed by atoms with Crippen LogP contribution in [0, 0.1) is 0 Å². The number of nitrogens with one attached hydrogen (secondary N) is 1. The molecule has 1 aromatic heterocycles. The Morgan fingerprint density at radius 3 is 2.71 bits per heavy atom. The van der Waals surface area contributed by atoms with Crippen molar-refractivity contribution in [2.75, 3.05) is 7.11 Å². The zero-order chi connectivity index (χ0) is 13.1. The Balaban J connectivity index is 2.53. The van der Waals surface area contributed by atoms with Crippen LogP contribution in [0.15, 0.2) is 12.4 Å². The minimum atomic E-state index is -0.307. The normalized spacial score (nSPS) is 13.5. The first kappa shape index (κ1) is 13.7. The van der Waals surface area contributed by atoms with Gasteiger partial charge in [0.1, 0.15) is 6.04 Å². The van der Waals surface area contributed by atoms with E-state index in [0.717, 1.165) is 5.56 Å². The van der Waals surface area contributed by atoms with Gasteiger partial charge >= 0.3 is 5.97 Å². The maximum atomic E-state index is 11.2. The van der Waals surface area contributed by atoms with Gasteiger partial charge in [-0.05, 0) is 27.7 Å². The quantitative estimate of drug-likeness (QED) is 0.804. The second kappa shape index (κ2) is 5.31. The van der Waals surface area contributed by atoms with Gasteiger partial charge in [-0.1, -0.05) is 0 Å². The Labute approximate surface area is 102 Å². The maximum absolute atomic E-state index is 11.2. The summed E-state index contributed by atoms with van der Waals surface area (Å²) in [6, 6.07) is -0.307. The molecule has 0 radical (unpaired) electrons. The number of ether oxygens (including phenoxy) is 1. The summed E-state index contributed by atoms with van der Waals surface area (Å²) in [4.78, 5) is 11.2. The fraction of sp³-hybridized carbons (Fsp3) is 0.667. The highest BCUT2D eigenvalue weighted by Crippen LogP contribution is 2.13. The summed E-state index contributed by atoms with van der Waals surface area (Å²) in [6.07, 6.45) is 3.79. The molecule has 1 heterocycles. The fourth-order valence-corrected chi connectivity index (χ4v) is 1.35. The fourth-order valence-electron chi connectivity index (χ4n) is 1.35. The molecule has 1 aromatic rings. The van der Waals surface area contributed by atoms with Gasteiger partial charge in [-0.2, -0.15) is 5.10 Å². The maximum Gasteiger partial charge on any atom is 0.322 e. The average molecular weight is 239 g/mol. The minimum absolute atomic E-state index is 0.0216. The second-order valence-corrected chi connectivity index (χ2v) is 5.09. The van der Waals surface area contributed by atoms with Crippen molar-refractivity contribution in [3.8, 4) is 0 Å². The summed E-state index contributed by atoms with van der Waals surface area (Å²) in [5.41, 5.74) is 1.03. The predicted octanol–water partition coefficient (Wildman–Crippen LogP) is 1.29. The SMILES string of the molecule is COC(=O)[C@H](C)NCc1cnn(C(C)(C)C)c1. The minimum Gasteiger partial charge on any atom is -0.468 e. The summed E-state index contributed by atoms with van der Waals surface area (Å²) in [7, 11) is 1.39. The summed E-state index contributed by atoms with van der Waals surface area (Å²) >= 11 is 0. The van der Waals surface area contributed by atoms with Gasteiger partial charge in [0.15, 0.2) is 0 Å². The molecule has 96 valence electrons. The van der Waals surface area contributed by atoms with E-state index in [0.29, 0.717) is 6.54 Å². The van der Waals surface area contributed by atoms with Gasteiger partial charge in [-0.15, -0.1) is 0 Å². The third-order valence-electron chi connectivity index (χ3n) is 2.49. The third kappa shape index (κ3) is 3.85. The van der Waals surface area contributed by atoms with Crippen LogP contribution in [-0.2, 0) is 21.6 Å². The van der Waals surface area contributed by atoms with Crippen molar-refractivity contribution in [3.05, 3.63) is 18.0 Å². The summed E-state index contributed by atoms with van der Waals surface area (Å²) in [6.45, 7) is 8.66. The summed E-state index contributed by atoms with van der Waals surface area (Å²) in [5.74, 6) is -0.256. The highest BCUT2D eigenvalue weighted by Gasteiger charge is 2.15. The lowest BCUT2D eigenvalue weighted by atomic mass is 10.1. The Morgan fingerprint density at radius 1 is 1.59 bits per heavy atom. The molecule has 5 nitrogen and oxygen atoms in total. The molecule has 0 fully saturated rings. The molecular weight excluding hydrogens is 218 g/mol. The van der Waals surface area contributed by atoms with Crippen LogP contribution in [0.1, 0.15) is 33.3 Å². The summed E-state index contributed by atoms with van der Waals surface area (Å²) < 4.78 is 6.55. The highest BCUT2D eigenvalue weighted by atomic mass is 16.5. The van der Waals surface area contributed by atoms with E-state index in [9.17, 15) is 4.79 Å². The number of carbonyl (C=O) groups is 1. The van der Waals surface area contributed by atoms with Gasteiger partial charge in [-0.3, -0.25) is 9.48 Å². The Morgan fingerprint density at radius 2 is 2.24 bits per heavy atom. The Hall–Kier alpha value is -1.36.